The lowest BCUT2D eigenvalue weighted by atomic mass is 9.98. The Morgan fingerprint density at radius 3 is 2.79 bits per heavy atom. The van der Waals surface area contributed by atoms with E-state index in [9.17, 15) is 0 Å². The fraction of sp³-hybridized carbons (Fsp3) is 0.533. The lowest BCUT2D eigenvalue weighted by Gasteiger charge is -2.20. The summed E-state index contributed by atoms with van der Waals surface area (Å²) in [6.45, 7) is 2.57. The van der Waals surface area contributed by atoms with E-state index in [4.69, 9.17) is 15.1 Å². The first-order valence-electron chi connectivity index (χ1n) is 6.57. The molecule has 0 aliphatic carbocycles. The number of hydrogen-bond donors (Lipinski definition) is 2. The number of nitrogens with zero attached hydrogens (tertiary/aromatic N) is 1. The van der Waals surface area contributed by atoms with Crippen molar-refractivity contribution in [2.24, 2.45) is 0 Å². The molecule has 0 bridgehead atoms. The fourth-order valence-corrected chi connectivity index (χ4v) is 1.82. The maximum absolute atomic E-state index is 9.03. The molecule has 1 aromatic rings. The second kappa shape index (κ2) is 7.78. The molecular weight excluding hydrogens is 240 g/mol. The van der Waals surface area contributed by atoms with Crippen molar-refractivity contribution in [2.45, 2.75) is 31.7 Å². The summed E-state index contributed by atoms with van der Waals surface area (Å²) in [7, 11) is 1.79. The van der Waals surface area contributed by atoms with E-state index in [1.54, 1.807) is 7.05 Å². The van der Waals surface area contributed by atoms with E-state index in [0.29, 0.717) is 13.0 Å². The summed E-state index contributed by atoms with van der Waals surface area (Å²) in [6.07, 6.45) is 2.14. The Bertz CT molecular complexity index is 428. The van der Waals surface area contributed by atoms with Crippen LogP contribution in [0, 0.1) is 11.3 Å². The average Bonchev–Trinajstić information content (AvgIpc) is 2.45. The maximum Gasteiger partial charge on any atom is 0.122 e. The summed E-state index contributed by atoms with van der Waals surface area (Å²) >= 11 is 0. The highest BCUT2D eigenvalue weighted by Gasteiger charge is 2.20. The molecule has 1 aromatic carbocycles. The Balaban J connectivity index is 2.44. The SMILES string of the molecule is CNC(C)(C#N)CCCOc1ccccc1CCO. The molecular formula is C15H22N2O2. The van der Waals surface area contributed by atoms with Crippen LogP contribution in [0.4, 0.5) is 0 Å². The zero-order valence-corrected chi connectivity index (χ0v) is 11.6. The van der Waals surface area contributed by atoms with E-state index in [-0.39, 0.29) is 6.61 Å². The molecule has 0 aliphatic rings. The van der Waals surface area contributed by atoms with Crippen LogP contribution < -0.4 is 10.1 Å². The fourth-order valence-electron chi connectivity index (χ4n) is 1.82. The smallest absolute Gasteiger partial charge is 0.122 e. The van der Waals surface area contributed by atoms with Gasteiger partial charge in [-0.3, -0.25) is 0 Å². The summed E-state index contributed by atoms with van der Waals surface area (Å²) in [5, 5.41) is 21.0. The Hall–Kier alpha value is -1.57. The Kier molecular flexibility index (Phi) is 6.34. The molecule has 0 aromatic heterocycles. The van der Waals surface area contributed by atoms with Crippen molar-refractivity contribution in [1.82, 2.24) is 5.32 Å². The molecule has 4 nitrogen and oxygen atoms in total. The maximum atomic E-state index is 9.03. The second-order valence-corrected chi connectivity index (χ2v) is 4.73. The van der Waals surface area contributed by atoms with Crippen LogP contribution in [0.15, 0.2) is 24.3 Å². The minimum absolute atomic E-state index is 0.118. The second-order valence-electron chi connectivity index (χ2n) is 4.73. The number of para-hydroxylation sites is 1. The Labute approximate surface area is 115 Å². The number of aliphatic hydroxyl groups excluding tert-OH is 1. The van der Waals surface area contributed by atoms with E-state index in [1.165, 1.54) is 0 Å². The lowest BCUT2D eigenvalue weighted by Crippen LogP contribution is -2.38. The van der Waals surface area contributed by atoms with Gasteiger partial charge in [-0.05, 0) is 44.9 Å². The molecule has 19 heavy (non-hydrogen) atoms. The van der Waals surface area contributed by atoms with Crippen molar-refractivity contribution in [3.63, 3.8) is 0 Å². The van der Waals surface area contributed by atoms with Gasteiger partial charge in [0.15, 0.2) is 0 Å². The molecule has 0 amide bonds. The summed E-state index contributed by atoms with van der Waals surface area (Å²) < 4.78 is 5.73. The van der Waals surface area contributed by atoms with Crippen molar-refractivity contribution in [3.05, 3.63) is 29.8 Å². The first kappa shape index (κ1) is 15.5. The number of aliphatic hydroxyl groups is 1. The van der Waals surface area contributed by atoms with Crippen LogP contribution in [0.2, 0.25) is 0 Å². The zero-order valence-electron chi connectivity index (χ0n) is 11.6. The molecule has 0 heterocycles. The number of benzene rings is 1. The van der Waals surface area contributed by atoms with E-state index < -0.39 is 5.54 Å². The van der Waals surface area contributed by atoms with Crippen LogP contribution in [0.3, 0.4) is 0 Å². The number of rotatable bonds is 8. The van der Waals surface area contributed by atoms with Crippen LogP contribution in [-0.4, -0.2) is 30.9 Å². The summed E-state index contributed by atoms with van der Waals surface area (Å²) in [4.78, 5) is 0. The third-order valence-corrected chi connectivity index (χ3v) is 3.23. The minimum atomic E-state index is -0.492. The number of nitriles is 1. The molecule has 4 heteroatoms. The summed E-state index contributed by atoms with van der Waals surface area (Å²) in [5.41, 5.74) is 0.523. The van der Waals surface area contributed by atoms with Crippen molar-refractivity contribution in [1.29, 1.82) is 5.26 Å². The van der Waals surface area contributed by atoms with Crippen molar-refractivity contribution in [3.8, 4) is 11.8 Å². The molecule has 0 saturated heterocycles. The standard InChI is InChI=1S/C15H22N2O2/c1-15(12-16,17-2)9-5-11-19-14-7-4-3-6-13(14)8-10-18/h3-4,6-7,17-18H,5,8-11H2,1-2H3. The highest BCUT2D eigenvalue weighted by atomic mass is 16.5. The molecule has 0 saturated carbocycles. The van der Waals surface area contributed by atoms with Gasteiger partial charge in [0.25, 0.3) is 0 Å². The molecule has 0 fully saturated rings. The number of hydrogen-bond acceptors (Lipinski definition) is 4. The summed E-state index contributed by atoms with van der Waals surface area (Å²) in [5.74, 6) is 0.819. The Morgan fingerprint density at radius 1 is 1.42 bits per heavy atom. The summed E-state index contributed by atoms with van der Waals surface area (Å²) in [6, 6.07) is 9.98. The molecule has 1 atom stereocenters. The van der Waals surface area contributed by atoms with Gasteiger partial charge < -0.3 is 15.2 Å². The van der Waals surface area contributed by atoms with Gasteiger partial charge in [-0.2, -0.15) is 5.26 Å². The van der Waals surface area contributed by atoms with Gasteiger partial charge >= 0.3 is 0 Å². The van der Waals surface area contributed by atoms with Crippen molar-refractivity contribution < 1.29 is 9.84 Å². The number of ether oxygens (including phenoxy) is 1. The first-order chi connectivity index (χ1) is 9.15. The zero-order chi connectivity index (χ0) is 14.1. The van der Waals surface area contributed by atoms with Gasteiger partial charge in [-0.25, -0.2) is 0 Å². The molecule has 2 N–H and O–H groups in total. The average molecular weight is 262 g/mol. The molecule has 104 valence electrons. The van der Waals surface area contributed by atoms with E-state index >= 15 is 0 Å². The van der Waals surface area contributed by atoms with Crippen LogP contribution >= 0.6 is 0 Å². The van der Waals surface area contributed by atoms with E-state index in [2.05, 4.69) is 11.4 Å². The largest absolute Gasteiger partial charge is 0.493 e. The van der Waals surface area contributed by atoms with Gasteiger partial charge in [0.1, 0.15) is 11.3 Å². The van der Waals surface area contributed by atoms with E-state index in [1.807, 2.05) is 31.2 Å². The highest BCUT2D eigenvalue weighted by molar-refractivity contribution is 5.33. The van der Waals surface area contributed by atoms with E-state index in [0.717, 1.165) is 24.2 Å². The van der Waals surface area contributed by atoms with Crippen LogP contribution in [-0.2, 0) is 6.42 Å². The van der Waals surface area contributed by atoms with Gasteiger partial charge in [0.05, 0.1) is 12.7 Å². The van der Waals surface area contributed by atoms with Crippen LogP contribution in [0.25, 0.3) is 0 Å². The predicted octanol–water partition coefficient (Wildman–Crippen LogP) is 1.88. The molecule has 1 unspecified atom stereocenters. The Morgan fingerprint density at radius 2 is 2.16 bits per heavy atom. The topological polar surface area (TPSA) is 65.3 Å². The monoisotopic (exact) mass is 262 g/mol. The first-order valence-corrected chi connectivity index (χ1v) is 6.57. The van der Waals surface area contributed by atoms with Crippen molar-refractivity contribution in [2.75, 3.05) is 20.3 Å². The molecule has 1 rings (SSSR count). The quantitative estimate of drug-likeness (QED) is 0.702. The molecule has 0 radical (unpaired) electrons. The molecule has 0 spiro atoms. The van der Waals surface area contributed by atoms with Gasteiger partial charge in [0.2, 0.25) is 0 Å². The highest BCUT2D eigenvalue weighted by Crippen LogP contribution is 2.19. The van der Waals surface area contributed by atoms with Gasteiger partial charge in [-0.15, -0.1) is 0 Å². The lowest BCUT2D eigenvalue weighted by molar-refractivity contribution is 0.276. The minimum Gasteiger partial charge on any atom is -0.493 e. The van der Waals surface area contributed by atoms with Crippen molar-refractivity contribution >= 4 is 0 Å². The normalized spacial score (nSPS) is 13.6. The van der Waals surface area contributed by atoms with Gasteiger partial charge in [-0.1, -0.05) is 18.2 Å². The third-order valence-electron chi connectivity index (χ3n) is 3.23. The molecule has 0 aliphatic heterocycles. The van der Waals surface area contributed by atoms with Crippen LogP contribution in [0.1, 0.15) is 25.3 Å². The van der Waals surface area contributed by atoms with Gasteiger partial charge in [0, 0.05) is 6.61 Å². The number of nitrogens with one attached hydrogen (secondary N) is 1. The van der Waals surface area contributed by atoms with Crippen LogP contribution in [0.5, 0.6) is 5.75 Å². The predicted molar refractivity (Wildman–Crippen MR) is 75.0 cm³/mol. The third kappa shape index (κ3) is 4.90.